The number of rotatable bonds is 11. The first-order chi connectivity index (χ1) is 11.9. The fourth-order valence-electron chi connectivity index (χ4n) is 2.18. The van der Waals surface area contributed by atoms with Crippen LogP contribution in [0.5, 0.6) is 0 Å². The summed E-state index contributed by atoms with van der Waals surface area (Å²) >= 11 is 0. The third-order valence-corrected chi connectivity index (χ3v) is 76.2. The van der Waals surface area contributed by atoms with Crippen LogP contribution in [0.4, 0.5) is 0 Å². The van der Waals surface area contributed by atoms with E-state index < -0.39 is 78.6 Å². The Kier molecular flexibility index (Phi) is 9.02. The average Bonchev–Trinajstić information content (AvgIpc) is 3.34. The van der Waals surface area contributed by atoms with Crippen LogP contribution >= 0.6 is 0 Å². The molecule has 0 N–H and O–H groups in total. The minimum Gasteiger partial charge on any atom is -0.417 e. The average molecular weight is 523 g/mol. The quantitative estimate of drug-likeness (QED) is 0.218. The van der Waals surface area contributed by atoms with Gasteiger partial charge in [0.15, 0.2) is 0 Å². The molecule has 19 heteroatoms. The first-order valence-electron chi connectivity index (χ1n) is 7.19. The summed E-state index contributed by atoms with van der Waals surface area (Å²) in [7, 11) is -28.2. The molecule has 0 bridgehead atoms. The van der Waals surface area contributed by atoms with Crippen molar-refractivity contribution in [1.82, 2.24) is 0 Å². The van der Waals surface area contributed by atoms with Gasteiger partial charge in [0.05, 0.1) is 0 Å². The number of hydrogen-bond donors (Lipinski definition) is 0. The largest absolute Gasteiger partial charge is 0.417 e. The van der Waals surface area contributed by atoms with Gasteiger partial charge in [-0.1, -0.05) is 25.2 Å². The summed E-state index contributed by atoms with van der Waals surface area (Å²) in [5.74, 6) is 0. The van der Waals surface area contributed by atoms with E-state index in [1.54, 1.807) is 13.1 Å². The van der Waals surface area contributed by atoms with Crippen molar-refractivity contribution in [2.45, 2.75) is 25.1 Å². The standard InChI is InChI=1S/C7H14O9Si10/c1-6-5-7(6)26(3,4)25(15)24(14)23(13)22(12)21(11)20(10)19(9)18(8)17-16-2/h7H,1,5H2,2-4H3. The van der Waals surface area contributed by atoms with Crippen LogP contribution in [0, 0.1) is 0 Å². The lowest BCUT2D eigenvalue weighted by molar-refractivity contribution is 0.449. The lowest BCUT2D eigenvalue weighted by atomic mass is 10.7. The van der Waals surface area contributed by atoms with Gasteiger partial charge >= 0.3 is 61.7 Å². The molecule has 1 aliphatic carbocycles. The minimum atomic E-state index is -3.56. The molecule has 0 aromatic rings. The molecule has 0 amide bonds. The molecule has 1 aliphatic rings. The molecule has 0 saturated heterocycles. The fourth-order valence-corrected chi connectivity index (χ4v) is 101. The van der Waals surface area contributed by atoms with Crippen LogP contribution in [-0.4, -0.2) is 85.7 Å². The molecule has 1 fully saturated rings. The second-order valence-corrected chi connectivity index (χ2v) is 54.4. The lowest BCUT2D eigenvalue weighted by Gasteiger charge is -2.16. The van der Waals surface area contributed by atoms with Gasteiger partial charge in [-0.25, -0.2) is 0 Å². The highest BCUT2D eigenvalue weighted by molar-refractivity contribution is 7.77. The van der Waals surface area contributed by atoms with Gasteiger partial charge < -0.3 is 40.1 Å². The lowest BCUT2D eigenvalue weighted by Crippen LogP contribution is -2.56. The summed E-state index contributed by atoms with van der Waals surface area (Å²) < 4.78 is 102. The van der Waals surface area contributed by atoms with Crippen LogP contribution < -0.4 is 0 Å². The van der Waals surface area contributed by atoms with Gasteiger partial charge in [-0.15, -0.1) is 0 Å². The third kappa shape index (κ3) is 5.41. The Balaban J connectivity index is 2.89. The predicted octanol–water partition coefficient (Wildman–Crippen LogP) is -2.21. The van der Waals surface area contributed by atoms with Gasteiger partial charge in [0.2, 0.25) is 0 Å². The molecule has 0 spiro atoms. The molecule has 1 saturated carbocycles. The fraction of sp³-hybridized carbons (Fsp3) is 0.714. The van der Waals surface area contributed by atoms with Crippen LogP contribution in [0.3, 0.4) is 0 Å². The third-order valence-electron chi connectivity index (χ3n) is 3.89. The maximum Gasteiger partial charge on any atom is 0.381 e. The number of hydrogen-bond acceptors (Lipinski definition) is 9. The van der Waals surface area contributed by atoms with Gasteiger partial charge in [-0.3, -0.25) is 0 Å². The molecule has 136 valence electrons. The Labute approximate surface area is 162 Å². The first kappa shape index (κ1) is 24.3. The van der Waals surface area contributed by atoms with E-state index in [4.69, 9.17) is 0 Å². The molecule has 0 aromatic carbocycles. The summed E-state index contributed by atoms with van der Waals surface area (Å²) in [5.41, 5.74) is 0.928. The van der Waals surface area contributed by atoms with Gasteiger partial charge in [-0.2, -0.15) is 0 Å². The molecular weight excluding hydrogens is 509 g/mol. The molecule has 1 unspecified atom stereocenters. The smallest absolute Gasteiger partial charge is 0.381 e. The van der Waals surface area contributed by atoms with E-state index in [1.165, 1.54) is 7.11 Å². The second kappa shape index (κ2) is 9.65. The maximum absolute atomic E-state index is 12.6. The summed E-state index contributed by atoms with van der Waals surface area (Å²) in [5, 5.41) is 0. The Morgan fingerprint density at radius 1 is 0.885 bits per heavy atom. The highest BCUT2D eigenvalue weighted by Crippen LogP contribution is 2.49. The highest BCUT2D eigenvalue weighted by atomic mass is 30.1. The SMILES string of the molecule is C=C1CC1[Si](C)(C)[Si](=O)[Si](=O)[Si](=O)[Si](=O)[Si](=O)[Si](=O)[Si](=O)[Si](=O)[Si]OC. The molecular formula is C7H14O9Si10. The van der Waals surface area contributed by atoms with Crippen molar-refractivity contribution in [2.24, 2.45) is 0 Å². The zero-order chi connectivity index (χ0) is 20.4. The van der Waals surface area contributed by atoms with Crippen molar-refractivity contribution in [3.8, 4) is 0 Å². The van der Waals surface area contributed by atoms with E-state index in [-0.39, 0.29) is 5.54 Å². The summed E-state index contributed by atoms with van der Waals surface area (Å²) in [6, 6.07) is 0. The summed E-state index contributed by atoms with van der Waals surface area (Å²) in [6.45, 7) is 7.27. The molecule has 2 radical (unpaired) electrons. The molecule has 9 nitrogen and oxygen atoms in total. The van der Waals surface area contributed by atoms with Gasteiger partial charge in [-0.05, 0) is 12.0 Å². The van der Waals surface area contributed by atoms with E-state index >= 15 is 0 Å². The van der Waals surface area contributed by atoms with Crippen molar-refractivity contribution in [3.63, 3.8) is 0 Å². The van der Waals surface area contributed by atoms with Crippen molar-refractivity contribution in [3.05, 3.63) is 12.2 Å². The monoisotopic (exact) mass is 522 g/mol. The zero-order valence-electron chi connectivity index (χ0n) is 14.2. The van der Waals surface area contributed by atoms with Gasteiger partial charge in [0.1, 0.15) is 7.59 Å². The molecule has 0 aromatic heterocycles. The predicted molar refractivity (Wildman–Crippen MR) is 99.3 cm³/mol. The van der Waals surface area contributed by atoms with E-state index in [9.17, 15) is 35.7 Å². The van der Waals surface area contributed by atoms with Gasteiger partial charge in [0, 0.05) is 7.11 Å². The van der Waals surface area contributed by atoms with Crippen LogP contribution in [0.25, 0.3) is 0 Å². The first-order valence-corrected chi connectivity index (χ1v) is 31.4. The topological polar surface area (TPSA) is 146 Å². The normalized spacial score (nSPS) is 15.8. The van der Waals surface area contributed by atoms with E-state index in [1.807, 2.05) is 0 Å². The van der Waals surface area contributed by atoms with E-state index in [0.29, 0.717) is 6.42 Å². The number of allylic oxidation sites excluding steroid dienone is 1. The summed E-state index contributed by atoms with van der Waals surface area (Å²) in [6.07, 6.45) is 0.682. The molecule has 1 rings (SSSR count). The van der Waals surface area contributed by atoms with Crippen molar-refractivity contribution >= 4 is 78.6 Å². The van der Waals surface area contributed by atoms with Crippen molar-refractivity contribution in [2.75, 3.05) is 7.11 Å². The Morgan fingerprint density at radius 2 is 1.27 bits per heavy atom. The van der Waals surface area contributed by atoms with Crippen molar-refractivity contribution in [1.29, 1.82) is 0 Å². The Morgan fingerprint density at radius 3 is 1.65 bits per heavy atom. The van der Waals surface area contributed by atoms with E-state index in [0.717, 1.165) is 5.57 Å². The van der Waals surface area contributed by atoms with Gasteiger partial charge in [0.25, 0.3) is 9.28 Å². The molecule has 0 aliphatic heterocycles. The van der Waals surface area contributed by atoms with E-state index in [2.05, 4.69) is 11.0 Å². The minimum absolute atomic E-state index is 0.0215. The Hall–Kier alpha value is 0.269. The van der Waals surface area contributed by atoms with Crippen LogP contribution in [0.15, 0.2) is 12.2 Å². The van der Waals surface area contributed by atoms with Crippen LogP contribution in [-0.2, 0) is 40.1 Å². The maximum atomic E-state index is 12.6. The zero-order valence-corrected chi connectivity index (χ0v) is 24.2. The van der Waals surface area contributed by atoms with Crippen LogP contribution in [0.1, 0.15) is 6.42 Å². The summed E-state index contributed by atoms with van der Waals surface area (Å²) in [4.78, 5) is 0. The van der Waals surface area contributed by atoms with Crippen molar-refractivity contribution < 1.29 is 40.1 Å². The molecule has 0 heterocycles. The van der Waals surface area contributed by atoms with Crippen LogP contribution in [0.2, 0.25) is 18.6 Å². The molecule has 26 heavy (non-hydrogen) atoms. The Bertz CT molecular complexity index is 799. The second-order valence-electron chi connectivity index (χ2n) is 6.08. The molecule has 1 atom stereocenters. The highest BCUT2D eigenvalue weighted by Gasteiger charge is 2.56.